The topological polar surface area (TPSA) is 66.6 Å². The lowest BCUT2D eigenvalue weighted by Gasteiger charge is -2.35. The predicted molar refractivity (Wildman–Crippen MR) is 72.6 cm³/mol. The Kier molecular flexibility index (Phi) is 4.73. The van der Waals surface area contributed by atoms with Crippen molar-refractivity contribution < 1.29 is 9.90 Å². The molecule has 0 bridgehead atoms. The Morgan fingerprint density at radius 2 is 1.89 bits per heavy atom. The zero-order valence-corrected chi connectivity index (χ0v) is 11.3. The molecule has 1 amide bonds. The van der Waals surface area contributed by atoms with E-state index in [1.165, 1.54) is 4.90 Å². The molecule has 1 atom stereocenters. The zero-order chi connectivity index (χ0) is 13.8. The lowest BCUT2D eigenvalue weighted by molar-refractivity contribution is 0.0960. The van der Waals surface area contributed by atoms with Gasteiger partial charge in [0.25, 0.3) is 0 Å². The smallest absolute Gasteiger partial charge is 0.407 e. The molecule has 1 aromatic carbocycles. The van der Waals surface area contributed by atoms with Gasteiger partial charge in [-0.15, -0.1) is 0 Å². The highest BCUT2D eigenvalue weighted by molar-refractivity contribution is 5.66. The van der Waals surface area contributed by atoms with E-state index in [4.69, 9.17) is 5.73 Å². The fourth-order valence-corrected chi connectivity index (χ4v) is 1.85. The van der Waals surface area contributed by atoms with E-state index in [9.17, 15) is 9.90 Å². The van der Waals surface area contributed by atoms with Crippen molar-refractivity contribution in [2.24, 2.45) is 5.73 Å². The lowest BCUT2D eigenvalue weighted by atomic mass is 10.0. The van der Waals surface area contributed by atoms with Gasteiger partial charge in [-0.1, -0.05) is 30.3 Å². The van der Waals surface area contributed by atoms with Crippen LogP contribution in [0.3, 0.4) is 0 Å². The number of carbonyl (C=O) groups is 1. The van der Waals surface area contributed by atoms with Crippen LogP contribution in [0.1, 0.15) is 26.3 Å². The first kappa shape index (κ1) is 14.5. The third-order valence-electron chi connectivity index (χ3n) is 2.80. The number of rotatable bonds is 4. The second kappa shape index (κ2) is 5.87. The summed E-state index contributed by atoms with van der Waals surface area (Å²) in [6, 6.07) is 9.68. The molecule has 0 saturated carbocycles. The minimum atomic E-state index is -0.925. The highest BCUT2D eigenvalue weighted by atomic mass is 16.4. The van der Waals surface area contributed by atoms with Gasteiger partial charge < -0.3 is 15.7 Å². The second-order valence-electron chi connectivity index (χ2n) is 5.51. The molecule has 1 aromatic rings. The van der Waals surface area contributed by atoms with E-state index in [0.29, 0.717) is 13.0 Å². The summed E-state index contributed by atoms with van der Waals surface area (Å²) in [7, 11) is 0. The Hall–Kier alpha value is -1.55. The van der Waals surface area contributed by atoms with E-state index in [1.54, 1.807) is 0 Å². The second-order valence-corrected chi connectivity index (χ2v) is 5.51. The van der Waals surface area contributed by atoms with Crippen molar-refractivity contribution in [3.8, 4) is 0 Å². The van der Waals surface area contributed by atoms with Gasteiger partial charge in [-0.05, 0) is 32.8 Å². The Balaban J connectivity index is 2.63. The van der Waals surface area contributed by atoms with E-state index in [1.807, 2.05) is 51.1 Å². The monoisotopic (exact) mass is 250 g/mol. The number of benzene rings is 1. The first-order chi connectivity index (χ1) is 8.30. The average Bonchev–Trinajstić information content (AvgIpc) is 2.25. The third kappa shape index (κ3) is 4.37. The number of hydrogen-bond acceptors (Lipinski definition) is 2. The van der Waals surface area contributed by atoms with Crippen molar-refractivity contribution >= 4 is 6.09 Å². The molecule has 100 valence electrons. The van der Waals surface area contributed by atoms with Gasteiger partial charge in [0.1, 0.15) is 0 Å². The molecule has 0 aromatic heterocycles. The number of carboxylic acid groups (broad SMARTS) is 1. The minimum absolute atomic E-state index is 0.192. The van der Waals surface area contributed by atoms with Gasteiger partial charge in [0.2, 0.25) is 0 Å². The summed E-state index contributed by atoms with van der Waals surface area (Å²) in [5.41, 5.74) is 6.73. The number of amides is 1. The van der Waals surface area contributed by atoms with Crippen LogP contribution in [0.2, 0.25) is 0 Å². The molecule has 3 N–H and O–H groups in total. The van der Waals surface area contributed by atoms with Crippen LogP contribution in [0.4, 0.5) is 4.79 Å². The predicted octanol–water partition coefficient (Wildman–Crippen LogP) is 2.33. The molecule has 0 saturated heterocycles. The van der Waals surface area contributed by atoms with Crippen molar-refractivity contribution in [1.82, 2.24) is 4.90 Å². The van der Waals surface area contributed by atoms with Gasteiger partial charge in [-0.2, -0.15) is 0 Å². The number of nitrogens with zero attached hydrogens (tertiary/aromatic N) is 1. The van der Waals surface area contributed by atoms with Crippen molar-refractivity contribution in [2.75, 3.05) is 6.54 Å². The van der Waals surface area contributed by atoms with Crippen LogP contribution in [-0.4, -0.2) is 34.2 Å². The standard InChI is InChI=1S/C14H22N2O2/c1-14(2,3)16(13(17)18)10-12(15)9-11-7-5-4-6-8-11/h4-8,12H,9-10,15H2,1-3H3,(H,17,18)/t12-/m1/s1. The maximum absolute atomic E-state index is 11.2. The number of hydrogen-bond donors (Lipinski definition) is 2. The molecule has 0 aliphatic heterocycles. The summed E-state index contributed by atoms with van der Waals surface area (Å²) >= 11 is 0. The van der Waals surface area contributed by atoms with Crippen LogP contribution in [0.5, 0.6) is 0 Å². The molecular formula is C14H22N2O2. The average molecular weight is 250 g/mol. The molecule has 4 nitrogen and oxygen atoms in total. The summed E-state index contributed by atoms with van der Waals surface area (Å²) in [5, 5.41) is 9.19. The summed E-state index contributed by atoms with van der Waals surface area (Å²) in [6.07, 6.45) is -0.244. The van der Waals surface area contributed by atoms with Crippen LogP contribution in [-0.2, 0) is 6.42 Å². The van der Waals surface area contributed by atoms with E-state index in [2.05, 4.69) is 0 Å². The maximum Gasteiger partial charge on any atom is 0.407 e. The van der Waals surface area contributed by atoms with Gasteiger partial charge >= 0.3 is 6.09 Å². The quantitative estimate of drug-likeness (QED) is 0.862. The largest absolute Gasteiger partial charge is 0.465 e. The first-order valence-corrected chi connectivity index (χ1v) is 6.11. The molecule has 0 unspecified atom stereocenters. The van der Waals surface area contributed by atoms with Crippen LogP contribution in [0, 0.1) is 0 Å². The van der Waals surface area contributed by atoms with Gasteiger partial charge in [-0.25, -0.2) is 4.79 Å². The molecule has 0 spiro atoms. The SMILES string of the molecule is CC(C)(C)N(C[C@H](N)Cc1ccccc1)C(=O)O. The fraction of sp³-hybridized carbons (Fsp3) is 0.500. The molecular weight excluding hydrogens is 228 g/mol. The first-order valence-electron chi connectivity index (χ1n) is 6.11. The summed E-state index contributed by atoms with van der Waals surface area (Å²) in [6.45, 7) is 5.96. The van der Waals surface area contributed by atoms with Gasteiger partial charge in [-0.3, -0.25) is 0 Å². The zero-order valence-electron chi connectivity index (χ0n) is 11.3. The van der Waals surface area contributed by atoms with Crippen LogP contribution in [0.25, 0.3) is 0 Å². The third-order valence-corrected chi connectivity index (χ3v) is 2.80. The van der Waals surface area contributed by atoms with E-state index >= 15 is 0 Å². The van der Waals surface area contributed by atoms with Gasteiger partial charge in [0.05, 0.1) is 0 Å². The molecule has 0 heterocycles. The molecule has 0 fully saturated rings. The summed E-state index contributed by atoms with van der Waals surface area (Å²) in [4.78, 5) is 12.6. The molecule has 0 aliphatic rings. The Labute approximate surface area is 108 Å². The van der Waals surface area contributed by atoms with Crippen LogP contribution >= 0.6 is 0 Å². The van der Waals surface area contributed by atoms with E-state index < -0.39 is 11.6 Å². The summed E-state index contributed by atoms with van der Waals surface area (Å²) < 4.78 is 0. The fourth-order valence-electron chi connectivity index (χ4n) is 1.85. The maximum atomic E-state index is 11.2. The van der Waals surface area contributed by atoms with Crippen LogP contribution in [0.15, 0.2) is 30.3 Å². The normalized spacial score (nSPS) is 13.1. The molecule has 0 aliphatic carbocycles. The molecule has 18 heavy (non-hydrogen) atoms. The Bertz CT molecular complexity index is 385. The Morgan fingerprint density at radius 1 is 1.33 bits per heavy atom. The summed E-state index contributed by atoms with van der Waals surface area (Å²) in [5.74, 6) is 0. The highest BCUT2D eigenvalue weighted by Gasteiger charge is 2.27. The highest BCUT2D eigenvalue weighted by Crippen LogP contribution is 2.14. The van der Waals surface area contributed by atoms with Crippen molar-refractivity contribution in [3.05, 3.63) is 35.9 Å². The molecule has 1 rings (SSSR count). The molecule has 4 heteroatoms. The number of nitrogens with two attached hydrogens (primary N) is 1. The van der Waals surface area contributed by atoms with E-state index in [-0.39, 0.29) is 6.04 Å². The van der Waals surface area contributed by atoms with Gasteiger partial charge in [0, 0.05) is 18.1 Å². The van der Waals surface area contributed by atoms with Crippen LogP contribution < -0.4 is 5.73 Å². The van der Waals surface area contributed by atoms with Crippen molar-refractivity contribution in [3.63, 3.8) is 0 Å². The molecule has 0 radical (unpaired) electrons. The van der Waals surface area contributed by atoms with Gasteiger partial charge in [0.15, 0.2) is 0 Å². The lowest BCUT2D eigenvalue weighted by Crippen LogP contribution is -2.50. The Morgan fingerprint density at radius 3 is 2.33 bits per heavy atom. The van der Waals surface area contributed by atoms with E-state index in [0.717, 1.165) is 5.56 Å². The minimum Gasteiger partial charge on any atom is -0.465 e. The van der Waals surface area contributed by atoms with Crippen molar-refractivity contribution in [1.29, 1.82) is 0 Å². The van der Waals surface area contributed by atoms with Crippen molar-refractivity contribution in [2.45, 2.75) is 38.8 Å².